The second-order valence-corrected chi connectivity index (χ2v) is 10.8. The van der Waals surface area contributed by atoms with E-state index in [2.05, 4.69) is 38.4 Å². The molecule has 204 valence electrons. The van der Waals surface area contributed by atoms with Crippen LogP contribution in [0, 0.1) is 17.2 Å². The van der Waals surface area contributed by atoms with Crippen molar-refractivity contribution >= 4 is 34.7 Å². The normalized spacial score (nSPS) is 17.9. The van der Waals surface area contributed by atoms with Crippen molar-refractivity contribution in [1.29, 1.82) is 5.26 Å². The van der Waals surface area contributed by atoms with E-state index < -0.39 is 0 Å². The average molecular weight is 557 g/mol. The quantitative estimate of drug-likeness (QED) is 0.222. The minimum atomic E-state index is -0.224. The molecular formula is C30H29ClN6O3. The molecule has 2 aliphatic rings. The highest BCUT2D eigenvalue weighted by Crippen LogP contribution is 2.49. The highest BCUT2D eigenvalue weighted by molar-refractivity contribution is 6.30. The zero-order valence-corrected chi connectivity index (χ0v) is 22.6. The number of aliphatic hydroxyl groups excluding tert-OH is 1. The van der Waals surface area contributed by atoms with Gasteiger partial charge in [-0.1, -0.05) is 11.6 Å². The first kappa shape index (κ1) is 26.3. The summed E-state index contributed by atoms with van der Waals surface area (Å²) in [5.41, 5.74) is 6.19. The molecule has 0 spiro atoms. The number of nitrogens with one attached hydrogen (secondary N) is 2. The number of fused-ring (bicyclic) bond motifs is 1. The molecule has 3 N–H and O–H groups in total. The number of nitriles is 1. The lowest BCUT2D eigenvalue weighted by atomic mass is 10.0. The summed E-state index contributed by atoms with van der Waals surface area (Å²) < 4.78 is 7.66. The number of ether oxygens (including phenoxy) is 1. The van der Waals surface area contributed by atoms with Crippen molar-refractivity contribution in [2.75, 3.05) is 23.8 Å². The molecule has 2 atom stereocenters. The Hall–Kier alpha value is -3.97. The molecule has 0 unspecified atom stereocenters. The van der Waals surface area contributed by atoms with E-state index in [9.17, 15) is 10.1 Å². The lowest BCUT2D eigenvalue weighted by molar-refractivity contribution is -0.117. The van der Waals surface area contributed by atoms with Crippen molar-refractivity contribution in [3.63, 3.8) is 0 Å². The highest BCUT2D eigenvalue weighted by Gasteiger charge is 2.45. The van der Waals surface area contributed by atoms with Gasteiger partial charge >= 0.3 is 0 Å². The molecule has 4 aromatic rings. The standard InChI is InChI=1S/C30H29ClN6O3/c31-22-4-3-19(13-32)25(10-22)26-12-27(26)30(39)36-28-11-23(5-6-33-28)34-14-24-16-37-15-20(18-1-2-18)9-21(29(37)35-24)17-40-8-7-38/h3-6,9-11,15-16,18,26-27,38H,1-2,7-8,12,14,17H2,(H2,33,34,36,39)/t26-,27+/m1/s1. The molecule has 1 aromatic carbocycles. The number of hydrogen-bond donors (Lipinski definition) is 3. The summed E-state index contributed by atoms with van der Waals surface area (Å²) in [6.45, 7) is 1.17. The molecule has 2 aliphatic carbocycles. The summed E-state index contributed by atoms with van der Waals surface area (Å²) in [5.74, 6) is 0.684. The number of aromatic nitrogens is 3. The number of imidazole rings is 1. The molecule has 3 heterocycles. The predicted octanol–water partition coefficient (Wildman–Crippen LogP) is 4.99. The molecule has 10 heteroatoms. The van der Waals surface area contributed by atoms with E-state index in [-0.39, 0.29) is 24.3 Å². The maximum Gasteiger partial charge on any atom is 0.229 e. The van der Waals surface area contributed by atoms with Crippen molar-refractivity contribution in [1.82, 2.24) is 14.4 Å². The fourth-order valence-corrected chi connectivity index (χ4v) is 5.29. The first-order valence-corrected chi connectivity index (χ1v) is 13.8. The van der Waals surface area contributed by atoms with Crippen molar-refractivity contribution in [2.45, 2.75) is 44.2 Å². The minimum Gasteiger partial charge on any atom is -0.394 e. The number of carbonyl (C=O) groups is 1. The van der Waals surface area contributed by atoms with Crippen molar-refractivity contribution < 1.29 is 14.6 Å². The molecule has 6 rings (SSSR count). The first-order chi connectivity index (χ1) is 19.5. The number of nitrogens with zero attached hydrogens (tertiary/aromatic N) is 4. The monoisotopic (exact) mass is 556 g/mol. The number of hydrogen-bond acceptors (Lipinski definition) is 7. The van der Waals surface area contributed by atoms with Crippen LogP contribution in [-0.2, 0) is 22.7 Å². The van der Waals surface area contributed by atoms with Gasteiger partial charge in [0.1, 0.15) is 11.5 Å². The number of amides is 1. The SMILES string of the molecule is N#Cc1ccc(Cl)cc1[C@H]1C[C@@H]1C(=O)Nc1cc(NCc2cn3cc(C4CC4)cc(COCCO)c3n2)ccn1. The Morgan fingerprint density at radius 1 is 1.23 bits per heavy atom. The maximum atomic E-state index is 12.9. The maximum absolute atomic E-state index is 12.9. The number of benzene rings is 1. The van der Waals surface area contributed by atoms with Crippen LogP contribution in [0.3, 0.4) is 0 Å². The summed E-state index contributed by atoms with van der Waals surface area (Å²) >= 11 is 6.13. The number of anilines is 2. The van der Waals surface area contributed by atoms with Crippen LogP contribution in [0.2, 0.25) is 5.02 Å². The van der Waals surface area contributed by atoms with Gasteiger partial charge in [-0.15, -0.1) is 0 Å². The van der Waals surface area contributed by atoms with Gasteiger partial charge < -0.3 is 24.9 Å². The largest absolute Gasteiger partial charge is 0.394 e. The smallest absolute Gasteiger partial charge is 0.229 e. The van der Waals surface area contributed by atoms with Crippen LogP contribution in [-0.4, -0.2) is 38.6 Å². The van der Waals surface area contributed by atoms with Gasteiger partial charge in [-0.05, 0) is 72.6 Å². The van der Waals surface area contributed by atoms with Crippen LogP contribution in [0.1, 0.15) is 59.0 Å². The van der Waals surface area contributed by atoms with Gasteiger partial charge in [-0.2, -0.15) is 5.26 Å². The summed E-state index contributed by atoms with van der Waals surface area (Å²) in [4.78, 5) is 22.0. The molecule has 3 aromatic heterocycles. The van der Waals surface area contributed by atoms with E-state index in [1.54, 1.807) is 30.5 Å². The lowest BCUT2D eigenvalue weighted by Crippen LogP contribution is -2.16. The Bertz CT molecular complexity index is 1610. The van der Waals surface area contributed by atoms with E-state index in [0.717, 1.165) is 28.2 Å². The zero-order valence-electron chi connectivity index (χ0n) is 21.8. The third kappa shape index (κ3) is 5.80. The van der Waals surface area contributed by atoms with E-state index in [4.69, 9.17) is 26.4 Å². The van der Waals surface area contributed by atoms with Gasteiger partial charge in [-0.25, -0.2) is 9.97 Å². The number of pyridine rings is 2. The molecular weight excluding hydrogens is 528 g/mol. The van der Waals surface area contributed by atoms with Gasteiger partial charge in [0.25, 0.3) is 0 Å². The number of aliphatic hydroxyl groups is 1. The summed E-state index contributed by atoms with van der Waals surface area (Å²) in [6.07, 6.45) is 8.89. The third-order valence-electron chi connectivity index (χ3n) is 7.39. The Balaban J connectivity index is 1.10. The fraction of sp³-hybridized carbons (Fsp3) is 0.333. The van der Waals surface area contributed by atoms with Gasteiger partial charge in [0.2, 0.25) is 5.91 Å². The molecule has 1 amide bonds. The van der Waals surface area contributed by atoms with Gasteiger partial charge in [-0.3, -0.25) is 4.79 Å². The summed E-state index contributed by atoms with van der Waals surface area (Å²) in [7, 11) is 0. The molecule has 0 saturated heterocycles. The Labute approximate surface area is 236 Å². The van der Waals surface area contributed by atoms with E-state index in [0.29, 0.717) is 48.5 Å². The highest BCUT2D eigenvalue weighted by atomic mass is 35.5. The van der Waals surface area contributed by atoms with Crippen LogP contribution < -0.4 is 10.6 Å². The lowest BCUT2D eigenvalue weighted by Gasteiger charge is -2.08. The van der Waals surface area contributed by atoms with Gasteiger partial charge in [0.05, 0.1) is 43.7 Å². The predicted molar refractivity (Wildman–Crippen MR) is 151 cm³/mol. The van der Waals surface area contributed by atoms with Crippen molar-refractivity contribution in [3.05, 3.63) is 88.0 Å². The van der Waals surface area contributed by atoms with Crippen LogP contribution in [0.4, 0.5) is 11.5 Å². The van der Waals surface area contributed by atoms with E-state index >= 15 is 0 Å². The summed E-state index contributed by atoms with van der Waals surface area (Å²) in [5, 5.41) is 25.3. The first-order valence-electron chi connectivity index (χ1n) is 13.4. The van der Waals surface area contributed by atoms with Crippen molar-refractivity contribution in [2.24, 2.45) is 5.92 Å². The second-order valence-electron chi connectivity index (χ2n) is 10.4. The number of carbonyl (C=O) groups excluding carboxylic acids is 1. The van der Waals surface area contributed by atoms with E-state index in [1.165, 1.54) is 18.4 Å². The average Bonchev–Trinajstić information content (AvgIpc) is 3.89. The van der Waals surface area contributed by atoms with Crippen LogP contribution in [0.15, 0.2) is 55.0 Å². The molecule has 2 saturated carbocycles. The number of halogens is 1. The minimum absolute atomic E-state index is 0.0121. The Kier molecular flexibility index (Phi) is 7.39. The zero-order chi connectivity index (χ0) is 27.6. The molecule has 0 radical (unpaired) electrons. The van der Waals surface area contributed by atoms with Crippen LogP contribution in [0.5, 0.6) is 0 Å². The molecule has 0 aliphatic heterocycles. The third-order valence-corrected chi connectivity index (χ3v) is 7.62. The Morgan fingerprint density at radius 2 is 2.10 bits per heavy atom. The van der Waals surface area contributed by atoms with E-state index in [1.807, 2.05) is 12.3 Å². The Morgan fingerprint density at radius 3 is 2.90 bits per heavy atom. The molecule has 40 heavy (non-hydrogen) atoms. The van der Waals surface area contributed by atoms with Gasteiger partial charge in [0, 0.05) is 46.8 Å². The number of rotatable bonds is 11. The fourth-order valence-electron chi connectivity index (χ4n) is 5.11. The van der Waals surface area contributed by atoms with Crippen molar-refractivity contribution in [3.8, 4) is 6.07 Å². The molecule has 2 fully saturated rings. The topological polar surface area (TPSA) is 125 Å². The second kappa shape index (κ2) is 11.3. The van der Waals surface area contributed by atoms with Crippen LogP contribution >= 0.6 is 11.6 Å². The molecule has 0 bridgehead atoms. The van der Waals surface area contributed by atoms with Gasteiger partial charge in [0.15, 0.2) is 0 Å². The van der Waals surface area contributed by atoms with Crippen LogP contribution in [0.25, 0.3) is 5.65 Å². The molecule has 9 nitrogen and oxygen atoms in total. The summed E-state index contributed by atoms with van der Waals surface area (Å²) in [6, 6.07) is 13.2.